The molecule has 0 unspecified atom stereocenters. The standard InChI is InChI=1S/C27H21F2N5O2/c1-3-20-16(2)31-25-13-14-30-34(25)27(20)36-24-12-11-19(15-21(24)29)32-26(35)23-6-4-5-22(33-23)17-7-9-18(28)10-8-17/h4-15H,3H2,1-2H3,(H,32,35). The van der Waals surface area contributed by atoms with Gasteiger partial charge in [0.15, 0.2) is 17.2 Å². The van der Waals surface area contributed by atoms with Crippen molar-refractivity contribution in [2.45, 2.75) is 20.3 Å². The lowest BCUT2D eigenvalue weighted by atomic mass is 10.1. The number of nitrogens with zero attached hydrogens (tertiary/aromatic N) is 4. The van der Waals surface area contributed by atoms with Crippen LogP contribution in [0.4, 0.5) is 14.5 Å². The van der Waals surface area contributed by atoms with Crippen molar-refractivity contribution in [2.75, 3.05) is 5.32 Å². The summed E-state index contributed by atoms with van der Waals surface area (Å²) in [5.74, 6) is -1.15. The van der Waals surface area contributed by atoms with Gasteiger partial charge in [0.1, 0.15) is 11.5 Å². The van der Waals surface area contributed by atoms with E-state index < -0.39 is 11.7 Å². The normalized spacial score (nSPS) is 11.0. The van der Waals surface area contributed by atoms with Gasteiger partial charge in [0.25, 0.3) is 5.91 Å². The van der Waals surface area contributed by atoms with E-state index in [4.69, 9.17) is 4.74 Å². The summed E-state index contributed by atoms with van der Waals surface area (Å²) in [4.78, 5) is 21.6. The van der Waals surface area contributed by atoms with E-state index in [1.54, 1.807) is 48.7 Å². The molecule has 5 aromatic rings. The number of carbonyl (C=O) groups excluding carboxylic acids is 1. The van der Waals surface area contributed by atoms with Gasteiger partial charge in [0, 0.05) is 34.6 Å². The van der Waals surface area contributed by atoms with Crippen molar-refractivity contribution in [3.63, 3.8) is 0 Å². The van der Waals surface area contributed by atoms with Crippen LogP contribution in [0.15, 0.2) is 72.9 Å². The fourth-order valence-corrected chi connectivity index (χ4v) is 3.87. The van der Waals surface area contributed by atoms with Crippen molar-refractivity contribution >= 4 is 17.2 Å². The van der Waals surface area contributed by atoms with Crippen LogP contribution in [0.1, 0.15) is 28.7 Å². The summed E-state index contributed by atoms with van der Waals surface area (Å²) >= 11 is 0. The van der Waals surface area contributed by atoms with Gasteiger partial charge in [-0.25, -0.2) is 18.7 Å². The second-order valence-electron chi connectivity index (χ2n) is 8.05. The average molecular weight is 485 g/mol. The number of nitrogens with one attached hydrogen (secondary N) is 1. The molecule has 0 atom stereocenters. The van der Waals surface area contributed by atoms with Crippen LogP contribution in [0.2, 0.25) is 0 Å². The molecular weight excluding hydrogens is 464 g/mol. The molecule has 0 saturated heterocycles. The second-order valence-corrected chi connectivity index (χ2v) is 8.05. The summed E-state index contributed by atoms with van der Waals surface area (Å²) in [7, 11) is 0. The van der Waals surface area contributed by atoms with E-state index in [0.717, 1.165) is 11.3 Å². The third-order valence-corrected chi connectivity index (χ3v) is 5.66. The van der Waals surface area contributed by atoms with Crippen molar-refractivity contribution in [3.05, 3.63) is 102 Å². The van der Waals surface area contributed by atoms with Crippen molar-refractivity contribution < 1.29 is 18.3 Å². The summed E-state index contributed by atoms with van der Waals surface area (Å²) in [6.45, 7) is 3.83. The van der Waals surface area contributed by atoms with E-state index in [0.29, 0.717) is 29.2 Å². The monoisotopic (exact) mass is 485 g/mol. The summed E-state index contributed by atoms with van der Waals surface area (Å²) in [5.41, 5.74) is 3.75. The molecule has 1 N–H and O–H groups in total. The first kappa shape index (κ1) is 23.1. The molecule has 3 heterocycles. The van der Waals surface area contributed by atoms with Gasteiger partial charge in [0.05, 0.1) is 11.9 Å². The maximum absolute atomic E-state index is 15.0. The summed E-state index contributed by atoms with van der Waals surface area (Å²) in [6.07, 6.45) is 2.23. The molecule has 0 aliphatic rings. The van der Waals surface area contributed by atoms with Crippen LogP contribution >= 0.6 is 0 Å². The van der Waals surface area contributed by atoms with Crippen molar-refractivity contribution in [3.8, 4) is 22.9 Å². The van der Waals surface area contributed by atoms with Gasteiger partial charge in [-0.3, -0.25) is 4.79 Å². The van der Waals surface area contributed by atoms with Crippen molar-refractivity contribution in [1.29, 1.82) is 0 Å². The second kappa shape index (κ2) is 9.53. The number of ether oxygens (including phenoxy) is 1. The van der Waals surface area contributed by atoms with Crippen molar-refractivity contribution in [2.24, 2.45) is 0 Å². The minimum atomic E-state index is -0.655. The third-order valence-electron chi connectivity index (χ3n) is 5.66. The van der Waals surface area contributed by atoms with Crippen molar-refractivity contribution in [1.82, 2.24) is 19.6 Å². The zero-order valence-electron chi connectivity index (χ0n) is 19.5. The smallest absolute Gasteiger partial charge is 0.274 e. The highest BCUT2D eigenvalue weighted by atomic mass is 19.1. The Hall–Kier alpha value is -4.66. The highest BCUT2D eigenvalue weighted by Crippen LogP contribution is 2.31. The Kier molecular flexibility index (Phi) is 6.12. The largest absolute Gasteiger partial charge is 0.435 e. The first-order valence-corrected chi connectivity index (χ1v) is 11.3. The molecule has 1 amide bonds. The molecule has 5 rings (SSSR count). The molecule has 9 heteroatoms. The highest BCUT2D eigenvalue weighted by Gasteiger charge is 2.17. The lowest BCUT2D eigenvalue weighted by Crippen LogP contribution is -2.14. The summed E-state index contributed by atoms with van der Waals surface area (Å²) < 4.78 is 35.7. The fourth-order valence-electron chi connectivity index (χ4n) is 3.87. The topological polar surface area (TPSA) is 81.4 Å². The Labute approximate surface area is 205 Å². The number of fused-ring (bicyclic) bond motifs is 1. The zero-order chi connectivity index (χ0) is 25.2. The number of hydrogen-bond acceptors (Lipinski definition) is 5. The van der Waals surface area contributed by atoms with Gasteiger partial charge in [-0.1, -0.05) is 13.0 Å². The molecule has 3 aromatic heterocycles. The number of aromatic nitrogens is 4. The predicted molar refractivity (Wildman–Crippen MR) is 131 cm³/mol. The number of benzene rings is 2. The Morgan fingerprint density at radius 3 is 2.58 bits per heavy atom. The molecule has 7 nitrogen and oxygen atoms in total. The van der Waals surface area contributed by atoms with Gasteiger partial charge in [-0.05, 0) is 61.9 Å². The minimum Gasteiger partial charge on any atom is -0.435 e. The number of rotatable bonds is 6. The van der Waals surface area contributed by atoms with Crippen LogP contribution in [0.5, 0.6) is 11.6 Å². The Morgan fingerprint density at radius 2 is 1.83 bits per heavy atom. The molecule has 2 aromatic carbocycles. The number of aryl methyl sites for hydroxylation is 1. The SMILES string of the molecule is CCc1c(C)nc2ccnn2c1Oc1ccc(NC(=O)c2cccc(-c3ccc(F)cc3)n2)cc1F. The Morgan fingerprint density at radius 1 is 1.03 bits per heavy atom. The summed E-state index contributed by atoms with van der Waals surface area (Å²) in [5, 5.41) is 6.89. The molecule has 0 bridgehead atoms. The maximum atomic E-state index is 15.0. The van der Waals surface area contributed by atoms with Crippen LogP contribution < -0.4 is 10.1 Å². The van der Waals surface area contributed by atoms with E-state index >= 15 is 4.39 Å². The summed E-state index contributed by atoms with van der Waals surface area (Å²) in [6, 6.07) is 16.7. The quantitative estimate of drug-likeness (QED) is 0.320. The van der Waals surface area contributed by atoms with Crippen LogP contribution in [-0.2, 0) is 6.42 Å². The van der Waals surface area contributed by atoms with Crippen LogP contribution in [-0.4, -0.2) is 25.5 Å². The number of hydrogen-bond donors (Lipinski definition) is 1. The maximum Gasteiger partial charge on any atom is 0.274 e. The number of amides is 1. The first-order valence-electron chi connectivity index (χ1n) is 11.3. The van der Waals surface area contributed by atoms with Gasteiger partial charge >= 0.3 is 0 Å². The molecule has 0 saturated carbocycles. The molecular formula is C27H21F2N5O2. The number of carbonyl (C=O) groups is 1. The lowest BCUT2D eigenvalue weighted by molar-refractivity contribution is 0.102. The molecule has 0 aliphatic carbocycles. The predicted octanol–water partition coefficient (Wildman–Crippen LogP) is 5.98. The van der Waals surface area contributed by atoms with E-state index in [1.165, 1.54) is 28.8 Å². The molecule has 0 fully saturated rings. The Balaban J connectivity index is 1.37. The van der Waals surface area contributed by atoms with E-state index in [9.17, 15) is 9.18 Å². The number of anilines is 1. The van der Waals surface area contributed by atoms with Crippen LogP contribution in [0.3, 0.4) is 0 Å². The average Bonchev–Trinajstić information content (AvgIpc) is 3.34. The number of halogens is 2. The molecule has 0 aliphatic heterocycles. The van der Waals surface area contributed by atoms with Crippen LogP contribution in [0, 0.1) is 18.6 Å². The Bertz CT molecular complexity index is 1580. The minimum absolute atomic E-state index is 0.0125. The van der Waals surface area contributed by atoms with E-state index in [1.807, 2.05) is 13.8 Å². The molecule has 0 radical (unpaired) electrons. The van der Waals surface area contributed by atoms with Gasteiger partial charge < -0.3 is 10.1 Å². The highest BCUT2D eigenvalue weighted by molar-refractivity contribution is 6.03. The molecule has 0 spiro atoms. The van der Waals surface area contributed by atoms with Gasteiger partial charge in [0.2, 0.25) is 5.88 Å². The van der Waals surface area contributed by atoms with Crippen LogP contribution in [0.25, 0.3) is 16.9 Å². The first-order chi connectivity index (χ1) is 17.4. The van der Waals surface area contributed by atoms with E-state index in [-0.39, 0.29) is 22.9 Å². The zero-order valence-corrected chi connectivity index (χ0v) is 19.5. The number of pyridine rings is 1. The lowest BCUT2D eigenvalue weighted by Gasteiger charge is -2.14. The molecule has 36 heavy (non-hydrogen) atoms. The molecule has 180 valence electrons. The van der Waals surface area contributed by atoms with Gasteiger partial charge in [-0.2, -0.15) is 9.61 Å². The van der Waals surface area contributed by atoms with Gasteiger partial charge in [-0.15, -0.1) is 0 Å². The van der Waals surface area contributed by atoms with E-state index in [2.05, 4.69) is 20.4 Å². The fraction of sp³-hybridized carbons (Fsp3) is 0.111. The third kappa shape index (κ3) is 4.50.